The van der Waals surface area contributed by atoms with Gasteiger partial charge in [0.2, 0.25) is 0 Å². The van der Waals surface area contributed by atoms with Crippen molar-refractivity contribution in [2.24, 2.45) is 0 Å². The molecule has 0 spiro atoms. The van der Waals surface area contributed by atoms with E-state index in [9.17, 15) is 0 Å². The predicted molar refractivity (Wildman–Crippen MR) is 72.6 cm³/mol. The third kappa shape index (κ3) is 1.71. The van der Waals surface area contributed by atoms with Gasteiger partial charge in [-0.2, -0.15) is 0 Å². The first-order valence-corrected chi connectivity index (χ1v) is 6.72. The number of hydrogen-bond donors (Lipinski definition) is 1. The molecule has 0 bridgehead atoms. The second kappa shape index (κ2) is 3.85. The third-order valence-corrected chi connectivity index (χ3v) is 4.09. The lowest BCUT2D eigenvalue weighted by Crippen LogP contribution is -2.46. The summed E-state index contributed by atoms with van der Waals surface area (Å²) in [5.41, 5.74) is 2.73. The summed E-state index contributed by atoms with van der Waals surface area (Å²) >= 11 is 2.38. The molecule has 1 atom stereocenters. The van der Waals surface area contributed by atoms with Gasteiger partial charge in [-0.3, -0.25) is 0 Å². The zero-order valence-corrected chi connectivity index (χ0v) is 10.8. The molecule has 1 fully saturated rings. The topological polar surface area (TPSA) is 15.3 Å². The van der Waals surface area contributed by atoms with E-state index in [4.69, 9.17) is 0 Å². The highest BCUT2D eigenvalue weighted by Crippen LogP contribution is 2.35. The lowest BCUT2D eigenvalue weighted by Gasteiger charge is -2.42. The molecule has 3 heteroatoms. The van der Waals surface area contributed by atoms with Crippen LogP contribution >= 0.6 is 22.6 Å². The number of halogens is 1. The fourth-order valence-electron chi connectivity index (χ4n) is 2.66. The molecule has 1 aromatic carbocycles. The van der Waals surface area contributed by atoms with Crippen LogP contribution < -0.4 is 10.2 Å². The van der Waals surface area contributed by atoms with E-state index >= 15 is 0 Å². The van der Waals surface area contributed by atoms with Gasteiger partial charge >= 0.3 is 0 Å². The first-order valence-electron chi connectivity index (χ1n) is 5.65. The molecule has 1 aromatic rings. The second-order valence-electron chi connectivity index (χ2n) is 4.39. The maximum atomic E-state index is 3.56. The maximum absolute atomic E-state index is 3.56. The quantitative estimate of drug-likeness (QED) is 0.741. The van der Waals surface area contributed by atoms with Crippen molar-refractivity contribution in [2.45, 2.75) is 25.3 Å². The number of rotatable bonds is 0. The summed E-state index contributed by atoms with van der Waals surface area (Å²) in [6.07, 6.45) is 4.09. The van der Waals surface area contributed by atoms with Crippen molar-refractivity contribution in [3.63, 3.8) is 0 Å². The number of nitrogens with one attached hydrogen (secondary N) is 1. The van der Waals surface area contributed by atoms with E-state index in [0.717, 1.165) is 12.6 Å². The van der Waals surface area contributed by atoms with Gasteiger partial charge in [0.05, 0.1) is 11.4 Å². The summed E-state index contributed by atoms with van der Waals surface area (Å²) in [4.78, 5) is 2.59. The van der Waals surface area contributed by atoms with Crippen LogP contribution in [0.5, 0.6) is 0 Å². The lowest BCUT2D eigenvalue weighted by atomic mass is 9.98. The van der Waals surface area contributed by atoms with E-state index < -0.39 is 0 Å². The Hall–Kier alpha value is -0.450. The molecular weight excluding hydrogens is 299 g/mol. The SMILES string of the molecule is Ic1ccc2c(c1)NCC1CCCCN21. The van der Waals surface area contributed by atoms with Gasteiger partial charge in [-0.25, -0.2) is 0 Å². The van der Waals surface area contributed by atoms with Gasteiger partial charge in [0.15, 0.2) is 0 Å². The zero-order chi connectivity index (χ0) is 10.3. The largest absolute Gasteiger partial charge is 0.381 e. The van der Waals surface area contributed by atoms with Gasteiger partial charge in [0, 0.05) is 22.7 Å². The highest BCUT2D eigenvalue weighted by atomic mass is 127. The van der Waals surface area contributed by atoms with E-state index in [1.165, 1.54) is 40.8 Å². The van der Waals surface area contributed by atoms with Crippen LogP contribution in [0.2, 0.25) is 0 Å². The first kappa shape index (κ1) is 9.75. The molecule has 80 valence electrons. The van der Waals surface area contributed by atoms with Gasteiger partial charge in [-0.05, 0) is 60.1 Å². The van der Waals surface area contributed by atoms with E-state index in [1.807, 2.05) is 0 Å². The summed E-state index contributed by atoms with van der Waals surface area (Å²) in [7, 11) is 0. The van der Waals surface area contributed by atoms with Crippen molar-refractivity contribution in [3.8, 4) is 0 Å². The minimum Gasteiger partial charge on any atom is -0.381 e. The van der Waals surface area contributed by atoms with Crippen LogP contribution in [0, 0.1) is 3.57 Å². The standard InChI is InChI=1S/C12H15IN2/c13-9-4-5-12-11(7-9)14-8-10-3-1-2-6-15(10)12/h4-5,7,10,14H,1-3,6,8H2. The fraction of sp³-hybridized carbons (Fsp3) is 0.500. The van der Waals surface area contributed by atoms with Gasteiger partial charge in [-0.1, -0.05) is 0 Å². The summed E-state index contributed by atoms with van der Waals surface area (Å²) in [6.45, 7) is 2.35. The first-order chi connectivity index (χ1) is 7.34. The van der Waals surface area contributed by atoms with Crippen molar-refractivity contribution >= 4 is 34.0 Å². The molecule has 0 amide bonds. The fourth-order valence-corrected chi connectivity index (χ4v) is 3.15. The maximum Gasteiger partial charge on any atom is 0.0605 e. The molecule has 2 aliphatic heterocycles. The van der Waals surface area contributed by atoms with Crippen molar-refractivity contribution < 1.29 is 0 Å². The van der Waals surface area contributed by atoms with Crippen molar-refractivity contribution in [3.05, 3.63) is 21.8 Å². The minimum absolute atomic E-state index is 0.728. The van der Waals surface area contributed by atoms with Crippen LogP contribution in [0.1, 0.15) is 19.3 Å². The number of fused-ring (bicyclic) bond motifs is 3. The number of benzene rings is 1. The van der Waals surface area contributed by atoms with Crippen LogP contribution in [-0.2, 0) is 0 Å². The van der Waals surface area contributed by atoms with Crippen molar-refractivity contribution in [2.75, 3.05) is 23.3 Å². The molecule has 3 rings (SSSR count). The molecular formula is C12H15IN2. The van der Waals surface area contributed by atoms with Gasteiger partial charge < -0.3 is 10.2 Å². The van der Waals surface area contributed by atoms with E-state index in [0.29, 0.717) is 0 Å². The molecule has 0 aliphatic carbocycles. The highest BCUT2D eigenvalue weighted by Gasteiger charge is 2.27. The van der Waals surface area contributed by atoms with Crippen molar-refractivity contribution in [1.29, 1.82) is 0 Å². The number of piperidine rings is 1. The minimum atomic E-state index is 0.728. The lowest BCUT2D eigenvalue weighted by molar-refractivity contribution is 0.466. The Morgan fingerprint density at radius 1 is 1.33 bits per heavy atom. The zero-order valence-electron chi connectivity index (χ0n) is 8.67. The number of nitrogens with zero attached hydrogens (tertiary/aromatic N) is 1. The summed E-state index contributed by atoms with van der Waals surface area (Å²) in [5, 5.41) is 3.56. The molecule has 2 nitrogen and oxygen atoms in total. The molecule has 1 N–H and O–H groups in total. The molecule has 15 heavy (non-hydrogen) atoms. The van der Waals surface area contributed by atoms with Crippen LogP contribution in [0.15, 0.2) is 18.2 Å². The Kier molecular flexibility index (Phi) is 2.50. The Bertz CT molecular complexity index is 378. The monoisotopic (exact) mass is 314 g/mol. The average molecular weight is 314 g/mol. The second-order valence-corrected chi connectivity index (χ2v) is 5.63. The number of anilines is 2. The molecule has 0 saturated carbocycles. The molecule has 2 heterocycles. The highest BCUT2D eigenvalue weighted by molar-refractivity contribution is 14.1. The molecule has 0 aromatic heterocycles. The summed E-state index contributed by atoms with van der Waals surface area (Å²) in [6, 6.07) is 7.45. The van der Waals surface area contributed by atoms with Crippen LogP contribution in [0.3, 0.4) is 0 Å². The third-order valence-electron chi connectivity index (χ3n) is 3.42. The van der Waals surface area contributed by atoms with Gasteiger partial charge in [0.25, 0.3) is 0 Å². The summed E-state index contributed by atoms with van der Waals surface area (Å²) in [5.74, 6) is 0. The molecule has 1 saturated heterocycles. The van der Waals surface area contributed by atoms with Gasteiger partial charge in [0.1, 0.15) is 0 Å². The molecule has 1 unspecified atom stereocenters. The van der Waals surface area contributed by atoms with Crippen molar-refractivity contribution in [1.82, 2.24) is 0 Å². The predicted octanol–water partition coefficient (Wildman–Crippen LogP) is 3.08. The van der Waals surface area contributed by atoms with Gasteiger partial charge in [-0.15, -0.1) is 0 Å². The van der Waals surface area contributed by atoms with Crippen LogP contribution in [-0.4, -0.2) is 19.1 Å². The average Bonchev–Trinajstić information content (AvgIpc) is 2.28. The Labute approximate surface area is 104 Å². The molecule has 0 radical (unpaired) electrons. The van der Waals surface area contributed by atoms with Crippen LogP contribution in [0.25, 0.3) is 0 Å². The molecule has 2 aliphatic rings. The smallest absolute Gasteiger partial charge is 0.0605 e. The Morgan fingerprint density at radius 3 is 3.20 bits per heavy atom. The number of hydrogen-bond acceptors (Lipinski definition) is 2. The van der Waals surface area contributed by atoms with E-state index in [2.05, 4.69) is 51.0 Å². The Balaban J connectivity index is 1.99. The van der Waals surface area contributed by atoms with E-state index in [-0.39, 0.29) is 0 Å². The van der Waals surface area contributed by atoms with Crippen LogP contribution in [0.4, 0.5) is 11.4 Å². The van der Waals surface area contributed by atoms with E-state index in [1.54, 1.807) is 0 Å². The normalized spacial score (nSPS) is 24.1. The Morgan fingerprint density at radius 2 is 2.27 bits per heavy atom. The summed E-state index contributed by atoms with van der Waals surface area (Å²) < 4.78 is 1.31.